The second kappa shape index (κ2) is 12.0. The van der Waals surface area contributed by atoms with Crippen LogP contribution in [0.4, 0.5) is 5.69 Å². The van der Waals surface area contributed by atoms with Gasteiger partial charge in [-0.2, -0.15) is 5.26 Å². The van der Waals surface area contributed by atoms with Gasteiger partial charge in [0, 0.05) is 23.7 Å². The third-order valence-electron chi connectivity index (χ3n) is 6.40. The largest absolute Gasteiger partial charge is 0.494 e. The number of benzene rings is 3. The minimum Gasteiger partial charge on any atom is -0.494 e. The summed E-state index contributed by atoms with van der Waals surface area (Å²) in [6, 6.07) is 19.2. The molecule has 9 heteroatoms. The lowest BCUT2D eigenvalue weighted by Gasteiger charge is -2.12. The number of nitrogens with zero attached hydrogens (tertiary/aromatic N) is 1. The molecule has 1 amide bonds. The van der Waals surface area contributed by atoms with E-state index in [1.165, 1.54) is 18.2 Å². The van der Waals surface area contributed by atoms with E-state index in [1.807, 2.05) is 31.2 Å². The number of nitrogens with one attached hydrogen (secondary N) is 3. The molecule has 0 fully saturated rings. The number of anilines is 1. The van der Waals surface area contributed by atoms with Gasteiger partial charge in [-0.05, 0) is 73.2 Å². The highest BCUT2D eigenvalue weighted by atomic mass is 32.2. The van der Waals surface area contributed by atoms with Crippen molar-refractivity contribution >= 4 is 32.5 Å². The molecule has 0 radical (unpaired) electrons. The topological polar surface area (TPSA) is 124 Å². The fraction of sp³-hybridized carbons (Fsp3) is 0.267. The van der Waals surface area contributed by atoms with Crippen molar-refractivity contribution in [1.29, 1.82) is 5.26 Å². The minimum absolute atomic E-state index is 0.0380. The Labute approximate surface area is 229 Å². The first kappa shape index (κ1) is 27.7. The third kappa shape index (κ3) is 6.78. The average Bonchev–Trinajstić information content (AvgIpc) is 3.36. The Morgan fingerprint density at radius 3 is 2.59 bits per heavy atom. The molecule has 1 heterocycles. The number of carbonyl (C=O) groups is 1. The number of rotatable bonds is 11. The molecule has 202 valence electrons. The van der Waals surface area contributed by atoms with E-state index in [-0.39, 0.29) is 16.4 Å². The second-order valence-electron chi connectivity index (χ2n) is 9.81. The zero-order valence-corrected chi connectivity index (χ0v) is 23.1. The van der Waals surface area contributed by atoms with Crippen LogP contribution < -0.4 is 14.8 Å². The predicted octanol–water partition coefficient (Wildman–Crippen LogP) is 5.55. The van der Waals surface area contributed by atoms with Crippen molar-refractivity contribution in [2.45, 2.75) is 38.5 Å². The summed E-state index contributed by atoms with van der Waals surface area (Å²) in [5.74, 6) is 1.05. The average molecular weight is 545 g/mol. The number of hydrogen-bond acceptors (Lipinski definition) is 5. The van der Waals surface area contributed by atoms with Crippen LogP contribution in [0.2, 0.25) is 0 Å². The number of hydrogen-bond donors (Lipinski definition) is 3. The highest BCUT2D eigenvalue weighted by Gasteiger charge is 2.19. The Balaban J connectivity index is 1.38. The predicted molar refractivity (Wildman–Crippen MR) is 152 cm³/mol. The number of nitriles is 1. The molecule has 39 heavy (non-hydrogen) atoms. The molecule has 0 aliphatic carbocycles. The maximum absolute atomic E-state index is 13.2. The number of sulfonamides is 1. The minimum atomic E-state index is -4.00. The van der Waals surface area contributed by atoms with Crippen molar-refractivity contribution in [3.05, 3.63) is 89.1 Å². The molecule has 0 aliphatic rings. The molecule has 4 rings (SSSR count). The Hall–Kier alpha value is -4.29. The van der Waals surface area contributed by atoms with Gasteiger partial charge in [0.15, 0.2) is 0 Å². The normalized spacial score (nSPS) is 11.4. The van der Waals surface area contributed by atoms with Crippen molar-refractivity contribution in [2.24, 2.45) is 5.92 Å². The number of aromatic amines is 1. The Kier molecular flexibility index (Phi) is 8.57. The van der Waals surface area contributed by atoms with Gasteiger partial charge < -0.3 is 15.0 Å². The lowest BCUT2D eigenvalue weighted by atomic mass is 10.1. The molecule has 3 aromatic carbocycles. The van der Waals surface area contributed by atoms with E-state index in [0.717, 1.165) is 23.3 Å². The summed E-state index contributed by atoms with van der Waals surface area (Å²) < 4.78 is 34.7. The molecule has 3 N–H and O–H groups in total. The summed E-state index contributed by atoms with van der Waals surface area (Å²) in [6.07, 6.45) is 3.18. The number of aryl methyl sites for hydroxylation is 1. The highest BCUT2D eigenvalue weighted by molar-refractivity contribution is 7.92. The van der Waals surface area contributed by atoms with Crippen molar-refractivity contribution in [3.63, 3.8) is 0 Å². The second-order valence-corrected chi connectivity index (χ2v) is 11.5. The molecular weight excluding hydrogens is 512 g/mol. The summed E-state index contributed by atoms with van der Waals surface area (Å²) in [5, 5.41) is 12.9. The smallest absolute Gasteiger partial charge is 0.261 e. The van der Waals surface area contributed by atoms with E-state index in [1.54, 1.807) is 24.4 Å². The number of carbonyl (C=O) groups excluding carboxylic acids is 1. The maximum atomic E-state index is 13.2. The van der Waals surface area contributed by atoms with E-state index in [0.29, 0.717) is 47.6 Å². The van der Waals surface area contributed by atoms with E-state index in [4.69, 9.17) is 4.74 Å². The first-order valence-electron chi connectivity index (χ1n) is 12.8. The van der Waals surface area contributed by atoms with Crippen LogP contribution in [-0.2, 0) is 16.4 Å². The Morgan fingerprint density at radius 1 is 1.10 bits per heavy atom. The number of amides is 1. The van der Waals surface area contributed by atoms with E-state index >= 15 is 0 Å². The van der Waals surface area contributed by atoms with Crippen LogP contribution in [-0.4, -0.2) is 32.5 Å². The van der Waals surface area contributed by atoms with Gasteiger partial charge in [-0.3, -0.25) is 9.52 Å². The van der Waals surface area contributed by atoms with Gasteiger partial charge in [-0.1, -0.05) is 38.1 Å². The molecule has 0 saturated heterocycles. The summed E-state index contributed by atoms with van der Waals surface area (Å²) in [7, 11) is -4.00. The SMILES string of the molecule is Cc1ccc(NS(=O)(=O)c2cccc(C(=O)NCCc3ccc(OCCC(C)C)cc3)c2)c2[nH]cc(C#N)c12. The third-order valence-corrected chi connectivity index (χ3v) is 7.76. The van der Waals surface area contributed by atoms with Crippen LogP contribution in [0.3, 0.4) is 0 Å². The van der Waals surface area contributed by atoms with E-state index in [2.05, 4.69) is 34.9 Å². The first-order chi connectivity index (χ1) is 18.7. The molecular formula is C30H32N4O4S. The fourth-order valence-corrected chi connectivity index (χ4v) is 5.31. The lowest BCUT2D eigenvalue weighted by Crippen LogP contribution is -2.26. The van der Waals surface area contributed by atoms with Gasteiger partial charge in [-0.15, -0.1) is 0 Å². The zero-order valence-electron chi connectivity index (χ0n) is 22.2. The van der Waals surface area contributed by atoms with Crippen LogP contribution in [0.1, 0.15) is 47.3 Å². The van der Waals surface area contributed by atoms with Gasteiger partial charge in [0.25, 0.3) is 15.9 Å². The van der Waals surface area contributed by atoms with Crippen LogP contribution in [0.5, 0.6) is 5.75 Å². The van der Waals surface area contributed by atoms with E-state index < -0.39 is 10.0 Å². The standard InChI is InChI=1S/C30H32N4O4S/c1-20(2)14-16-38-25-10-8-22(9-11-25)13-15-32-30(35)23-5-4-6-26(17-23)39(36,37)34-27-12-7-21(3)28-24(18-31)19-33-29(27)28/h4-12,17,19-20,33-34H,13-16H2,1-3H3,(H,32,35). The molecule has 0 aliphatic heterocycles. The number of fused-ring (bicyclic) bond motifs is 1. The number of ether oxygens (including phenoxy) is 1. The number of H-pyrrole nitrogens is 1. The van der Waals surface area contributed by atoms with Gasteiger partial charge in [-0.25, -0.2) is 8.42 Å². The summed E-state index contributed by atoms with van der Waals surface area (Å²) in [5.41, 5.74) is 3.44. The van der Waals surface area contributed by atoms with Gasteiger partial charge >= 0.3 is 0 Å². The van der Waals surface area contributed by atoms with E-state index in [9.17, 15) is 18.5 Å². The fourth-order valence-electron chi connectivity index (χ4n) is 4.19. The molecule has 1 aromatic heterocycles. The molecule has 0 saturated carbocycles. The summed E-state index contributed by atoms with van der Waals surface area (Å²) >= 11 is 0. The van der Waals surface area contributed by atoms with Crippen molar-refractivity contribution in [1.82, 2.24) is 10.3 Å². The van der Waals surface area contributed by atoms with Crippen LogP contribution in [0.15, 0.2) is 71.8 Å². The molecule has 0 unspecified atom stereocenters. The van der Waals surface area contributed by atoms with Gasteiger partial charge in [0.05, 0.1) is 28.3 Å². The molecule has 0 spiro atoms. The van der Waals surface area contributed by atoms with Crippen LogP contribution in [0.25, 0.3) is 10.9 Å². The molecule has 4 aromatic rings. The quantitative estimate of drug-likeness (QED) is 0.228. The molecule has 8 nitrogen and oxygen atoms in total. The highest BCUT2D eigenvalue weighted by Crippen LogP contribution is 2.30. The maximum Gasteiger partial charge on any atom is 0.261 e. The molecule has 0 atom stereocenters. The monoisotopic (exact) mass is 544 g/mol. The van der Waals surface area contributed by atoms with Gasteiger partial charge in [0.1, 0.15) is 11.8 Å². The Bertz CT molecular complexity index is 1620. The van der Waals surface area contributed by atoms with Crippen molar-refractivity contribution < 1.29 is 17.9 Å². The first-order valence-corrected chi connectivity index (χ1v) is 14.3. The van der Waals surface area contributed by atoms with Crippen molar-refractivity contribution in [2.75, 3.05) is 17.9 Å². The molecule has 0 bridgehead atoms. The lowest BCUT2D eigenvalue weighted by molar-refractivity contribution is 0.0954. The zero-order chi connectivity index (χ0) is 28.0. The number of aromatic nitrogens is 1. The van der Waals surface area contributed by atoms with Gasteiger partial charge in [0.2, 0.25) is 0 Å². The van der Waals surface area contributed by atoms with Crippen LogP contribution in [0, 0.1) is 24.2 Å². The summed E-state index contributed by atoms with van der Waals surface area (Å²) in [6.45, 7) is 7.25. The van der Waals surface area contributed by atoms with Crippen molar-refractivity contribution in [3.8, 4) is 11.8 Å². The summed E-state index contributed by atoms with van der Waals surface area (Å²) in [4.78, 5) is 15.7. The van der Waals surface area contributed by atoms with Crippen LogP contribution >= 0.6 is 0 Å². The Morgan fingerprint density at radius 2 is 1.87 bits per heavy atom.